The quantitative estimate of drug-likeness (QED) is 0.274. The number of thioether (sulfide) groups is 1. The lowest BCUT2D eigenvalue weighted by Gasteiger charge is -2.18. The van der Waals surface area contributed by atoms with Crippen molar-refractivity contribution in [1.82, 2.24) is 14.7 Å². The van der Waals surface area contributed by atoms with Crippen molar-refractivity contribution in [3.8, 4) is 23.0 Å². The van der Waals surface area contributed by atoms with Crippen molar-refractivity contribution in [2.45, 2.75) is 17.2 Å². The molecule has 0 saturated heterocycles. The Bertz CT molecular complexity index is 1520. The van der Waals surface area contributed by atoms with Crippen LogP contribution in [0.2, 0.25) is 0 Å². The first kappa shape index (κ1) is 24.5. The zero-order chi connectivity index (χ0) is 25.9. The van der Waals surface area contributed by atoms with Crippen LogP contribution in [0.1, 0.15) is 21.6 Å². The molecule has 0 saturated carbocycles. The summed E-state index contributed by atoms with van der Waals surface area (Å²) in [5, 5.41) is 17.3. The van der Waals surface area contributed by atoms with Crippen molar-refractivity contribution in [3.05, 3.63) is 95.7 Å². The minimum absolute atomic E-state index is 0.156. The Morgan fingerprint density at radius 3 is 2.59 bits per heavy atom. The lowest BCUT2D eigenvalue weighted by Crippen LogP contribution is -2.29. The van der Waals surface area contributed by atoms with Gasteiger partial charge in [-0.05, 0) is 50.0 Å². The minimum Gasteiger partial charge on any atom is -0.325 e. The van der Waals surface area contributed by atoms with Gasteiger partial charge in [0.25, 0.3) is 0 Å². The van der Waals surface area contributed by atoms with Gasteiger partial charge in [-0.3, -0.25) is 9.59 Å². The predicted molar refractivity (Wildman–Crippen MR) is 144 cm³/mol. The van der Waals surface area contributed by atoms with E-state index in [4.69, 9.17) is 0 Å². The standard InChI is InChI=1S/C29H25N5O2S/c1-33(2)17-19-9-8-10-20(15-19)31-29(36)23(16-30)28(35)26-24-18-37-25-14-7-6-13-22(25)27(24)34(32-26)21-11-4-3-5-12-21/h3-15,23H,17-18H2,1-2H3,(H,31,36). The number of rotatable bonds is 7. The summed E-state index contributed by atoms with van der Waals surface area (Å²) in [7, 11) is 3.92. The fourth-order valence-corrected chi connectivity index (χ4v) is 5.52. The number of nitrogens with zero attached hydrogens (tertiary/aromatic N) is 4. The number of carbonyl (C=O) groups is 2. The molecule has 4 aromatic rings. The smallest absolute Gasteiger partial charge is 0.249 e. The normalized spacial score (nSPS) is 12.8. The van der Waals surface area contributed by atoms with Crippen LogP contribution in [0.3, 0.4) is 0 Å². The van der Waals surface area contributed by atoms with E-state index in [2.05, 4.69) is 10.4 Å². The van der Waals surface area contributed by atoms with Gasteiger partial charge in [0.05, 0.1) is 17.5 Å². The van der Waals surface area contributed by atoms with Crippen LogP contribution in [0.15, 0.2) is 83.8 Å². The van der Waals surface area contributed by atoms with Gasteiger partial charge in [0.15, 0.2) is 5.92 Å². The Labute approximate surface area is 219 Å². The van der Waals surface area contributed by atoms with Gasteiger partial charge in [-0.1, -0.05) is 48.5 Å². The SMILES string of the molecule is CN(C)Cc1cccc(NC(=O)C(C#N)C(=O)c2nn(-c3ccccc3)c3c2CSc2ccccc2-3)c1. The molecular weight excluding hydrogens is 482 g/mol. The van der Waals surface area contributed by atoms with Gasteiger partial charge in [-0.15, -0.1) is 11.8 Å². The first-order valence-electron chi connectivity index (χ1n) is 11.8. The van der Waals surface area contributed by atoms with Crippen molar-refractivity contribution >= 4 is 29.1 Å². The van der Waals surface area contributed by atoms with Crippen molar-refractivity contribution in [2.24, 2.45) is 5.92 Å². The first-order chi connectivity index (χ1) is 18.0. The number of Topliss-reactive ketones (excluding diaryl/α,β-unsaturated/α-hetero) is 1. The number of para-hydroxylation sites is 1. The Hall–Kier alpha value is -4.19. The summed E-state index contributed by atoms with van der Waals surface area (Å²) in [5.41, 5.74) is 5.03. The van der Waals surface area contributed by atoms with E-state index in [0.29, 0.717) is 18.0 Å². The number of nitriles is 1. The molecule has 8 heteroatoms. The second-order valence-electron chi connectivity index (χ2n) is 9.06. The van der Waals surface area contributed by atoms with E-state index in [1.165, 1.54) is 0 Å². The molecule has 7 nitrogen and oxygen atoms in total. The summed E-state index contributed by atoms with van der Waals surface area (Å²) < 4.78 is 1.75. The van der Waals surface area contributed by atoms with E-state index in [0.717, 1.165) is 33.0 Å². The molecule has 2 heterocycles. The maximum atomic E-state index is 13.7. The molecule has 184 valence electrons. The van der Waals surface area contributed by atoms with Gasteiger partial charge in [0.1, 0.15) is 5.69 Å². The topological polar surface area (TPSA) is 91.0 Å². The second kappa shape index (κ2) is 10.4. The third-order valence-corrected chi connectivity index (χ3v) is 7.18. The molecule has 0 fully saturated rings. The Morgan fingerprint density at radius 2 is 1.84 bits per heavy atom. The highest BCUT2D eigenvalue weighted by Crippen LogP contribution is 2.44. The molecule has 37 heavy (non-hydrogen) atoms. The highest BCUT2D eigenvalue weighted by molar-refractivity contribution is 7.98. The van der Waals surface area contributed by atoms with Crippen LogP contribution >= 0.6 is 11.8 Å². The van der Waals surface area contributed by atoms with E-state index in [1.54, 1.807) is 22.5 Å². The average Bonchev–Trinajstić information content (AvgIpc) is 3.30. The number of hydrogen-bond acceptors (Lipinski definition) is 6. The molecule has 0 spiro atoms. The third-order valence-electron chi connectivity index (χ3n) is 6.08. The second-order valence-corrected chi connectivity index (χ2v) is 10.1. The van der Waals surface area contributed by atoms with Crippen LogP contribution in [-0.2, 0) is 17.1 Å². The summed E-state index contributed by atoms with van der Waals surface area (Å²) in [6.45, 7) is 0.701. The van der Waals surface area contributed by atoms with E-state index in [-0.39, 0.29) is 5.69 Å². The number of ketones is 1. The van der Waals surface area contributed by atoms with Gasteiger partial charge in [-0.25, -0.2) is 4.68 Å². The molecule has 1 aliphatic heterocycles. The molecule has 1 aliphatic rings. The molecule has 1 aromatic heterocycles. The van der Waals surface area contributed by atoms with Gasteiger partial charge in [-0.2, -0.15) is 10.4 Å². The molecule has 5 rings (SSSR count). The molecule has 0 aliphatic carbocycles. The van der Waals surface area contributed by atoms with Gasteiger partial charge >= 0.3 is 0 Å². The molecule has 0 bridgehead atoms. The highest BCUT2D eigenvalue weighted by atomic mass is 32.2. The molecule has 1 N–H and O–H groups in total. The van der Waals surface area contributed by atoms with Crippen molar-refractivity contribution in [2.75, 3.05) is 19.4 Å². The summed E-state index contributed by atoms with van der Waals surface area (Å²) in [6.07, 6.45) is 0. The molecule has 1 atom stereocenters. The van der Waals surface area contributed by atoms with E-state index >= 15 is 0 Å². The lowest BCUT2D eigenvalue weighted by atomic mass is 9.97. The average molecular weight is 508 g/mol. The minimum atomic E-state index is -1.53. The number of benzene rings is 3. The maximum absolute atomic E-state index is 13.7. The van der Waals surface area contributed by atoms with Crippen LogP contribution < -0.4 is 5.32 Å². The Balaban J connectivity index is 1.51. The summed E-state index contributed by atoms with van der Waals surface area (Å²) in [5.74, 6) is -2.27. The largest absolute Gasteiger partial charge is 0.325 e. The first-order valence-corrected chi connectivity index (χ1v) is 12.8. The van der Waals surface area contributed by atoms with Crippen LogP contribution in [-0.4, -0.2) is 40.5 Å². The summed E-state index contributed by atoms with van der Waals surface area (Å²) >= 11 is 1.62. The fraction of sp³-hybridized carbons (Fsp3) is 0.172. The monoisotopic (exact) mass is 507 g/mol. The van der Waals surface area contributed by atoms with Gasteiger partial charge < -0.3 is 10.2 Å². The van der Waals surface area contributed by atoms with Crippen LogP contribution in [0, 0.1) is 17.2 Å². The van der Waals surface area contributed by atoms with Crippen LogP contribution in [0.25, 0.3) is 16.9 Å². The number of anilines is 1. The molecule has 0 radical (unpaired) electrons. The zero-order valence-corrected chi connectivity index (χ0v) is 21.3. The molecular formula is C29H25N5O2S. The van der Waals surface area contributed by atoms with Gasteiger partial charge in [0, 0.05) is 34.0 Å². The third kappa shape index (κ3) is 4.92. The Kier molecular flexibility index (Phi) is 6.91. The summed E-state index contributed by atoms with van der Waals surface area (Å²) in [6, 6.07) is 26.9. The van der Waals surface area contributed by atoms with E-state index in [9.17, 15) is 14.9 Å². The molecule has 1 unspecified atom stereocenters. The van der Waals surface area contributed by atoms with Crippen LogP contribution in [0.5, 0.6) is 0 Å². The van der Waals surface area contributed by atoms with E-state index in [1.807, 2.05) is 97.9 Å². The van der Waals surface area contributed by atoms with E-state index < -0.39 is 17.6 Å². The number of hydrogen-bond donors (Lipinski definition) is 1. The van der Waals surface area contributed by atoms with Crippen LogP contribution in [0.4, 0.5) is 5.69 Å². The van der Waals surface area contributed by atoms with Crippen molar-refractivity contribution in [1.29, 1.82) is 5.26 Å². The zero-order valence-electron chi connectivity index (χ0n) is 20.5. The molecule has 3 aromatic carbocycles. The van der Waals surface area contributed by atoms with Crippen molar-refractivity contribution in [3.63, 3.8) is 0 Å². The number of nitrogens with one attached hydrogen (secondary N) is 1. The number of carbonyl (C=O) groups excluding carboxylic acids is 2. The number of amides is 1. The Morgan fingerprint density at radius 1 is 1.08 bits per heavy atom. The molecule has 1 amide bonds. The van der Waals surface area contributed by atoms with Gasteiger partial charge in [0.2, 0.25) is 11.7 Å². The number of aromatic nitrogens is 2. The fourth-order valence-electron chi connectivity index (χ4n) is 4.46. The highest BCUT2D eigenvalue weighted by Gasteiger charge is 2.35. The summed E-state index contributed by atoms with van der Waals surface area (Å²) in [4.78, 5) is 29.9. The predicted octanol–water partition coefficient (Wildman–Crippen LogP) is 5.17. The lowest BCUT2D eigenvalue weighted by molar-refractivity contribution is -0.117. The maximum Gasteiger partial charge on any atom is 0.249 e. The number of fused-ring (bicyclic) bond motifs is 3. The van der Waals surface area contributed by atoms with Crippen molar-refractivity contribution < 1.29 is 9.59 Å².